The number of hydrogen-bond acceptors (Lipinski definition) is 2. The van der Waals surface area contributed by atoms with E-state index >= 15 is 0 Å². The second kappa shape index (κ2) is 4.04. The first-order chi connectivity index (χ1) is 6.64. The summed E-state index contributed by atoms with van der Waals surface area (Å²) in [4.78, 5) is 0. The Hall–Kier alpha value is -0.120. The van der Waals surface area contributed by atoms with Crippen LogP contribution in [0.3, 0.4) is 0 Å². The molecule has 0 bridgehead atoms. The van der Waals surface area contributed by atoms with Crippen molar-refractivity contribution in [2.45, 2.75) is 51.7 Å². The second-order valence-corrected chi connectivity index (χ2v) is 7.58. The molecule has 90 valence electrons. The molecular weight excluding hydrogens is 215 g/mol. The molecule has 15 heavy (non-hydrogen) atoms. The summed E-state index contributed by atoms with van der Waals surface area (Å²) in [6.45, 7) is 7.25. The van der Waals surface area contributed by atoms with Crippen LogP contribution >= 0.6 is 0 Å². The molecule has 0 radical (unpaired) electrons. The Balaban J connectivity index is 2.88. The van der Waals surface area contributed by atoms with Crippen molar-refractivity contribution in [2.24, 2.45) is 17.8 Å². The van der Waals surface area contributed by atoms with Gasteiger partial charge < -0.3 is 0 Å². The van der Waals surface area contributed by atoms with Crippen molar-refractivity contribution in [2.75, 3.05) is 0 Å². The average Bonchev–Trinajstić information content (AvgIpc) is 1.99. The van der Waals surface area contributed by atoms with Gasteiger partial charge in [0.2, 0.25) is 0 Å². The topological polar surface area (TPSA) is 34.1 Å². The summed E-state index contributed by atoms with van der Waals surface area (Å²) < 4.78 is 34.1. The van der Waals surface area contributed by atoms with Crippen molar-refractivity contribution in [3.63, 3.8) is 0 Å². The number of halogens is 1. The van der Waals surface area contributed by atoms with Crippen LogP contribution in [0.1, 0.15) is 47.0 Å². The zero-order valence-electron chi connectivity index (χ0n) is 9.96. The Morgan fingerprint density at radius 3 is 1.80 bits per heavy atom. The Morgan fingerprint density at radius 2 is 1.47 bits per heavy atom. The smallest absolute Gasteiger partial charge is 0.194 e. The van der Waals surface area contributed by atoms with Crippen molar-refractivity contribution >= 4 is 10.2 Å². The fraction of sp³-hybridized carbons (Fsp3) is 1.00. The van der Waals surface area contributed by atoms with Gasteiger partial charge in [-0.25, -0.2) is 0 Å². The van der Waals surface area contributed by atoms with Crippen LogP contribution < -0.4 is 0 Å². The predicted molar refractivity (Wildman–Crippen MR) is 59.8 cm³/mol. The molecule has 1 aliphatic rings. The van der Waals surface area contributed by atoms with Crippen molar-refractivity contribution in [3.05, 3.63) is 0 Å². The highest BCUT2D eigenvalue weighted by atomic mass is 32.3. The highest BCUT2D eigenvalue weighted by Gasteiger charge is 2.44. The zero-order valence-corrected chi connectivity index (χ0v) is 10.8. The Labute approximate surface area is 92.5 Å². The van der Waals surface area contributed by atoms with Gasteiger partial charge in [0.05, 0.1) is 4.75 Å². The van der Waals surface area contributed by atoms with Crippen molar-refractivity contribution < 1.29 is 12.3 Å². The minimum atomic E-state index is -4.45. The maximum atomic E-state index is 13.2. The molecule has 1 saturated carbocycles. The van der Waals surface area contributed by atoms with Crippen molar-refractivity contribution in [1.82, 2.24) is 0 Å². The molecule has 1 rings (SSSR count). The van der Waals surface area contributed by atoms with Crippen LogP contribution in [-0.4, -0.2) is 13.2 Å². The standard InChI is InChI=1S/C11H21FO2S/c1-8-5-9(2)7-10(6-8)11(3,4)15(12,13)14/h8-10H,5-7H2,1-4H3. The number of rotatable bonds is 2. The van der Waals surface area contributed by atoms with E-state index in [1.54, 1.807) is 0 Å². The number of hydrogen-bond donors (Lipinski definition) is 0. The molecule has 2 unspecified atom stereocenters. The van der Waals surface area contributed by atoms with Gasteiger partial charge in [-0.05, 0) is 50.9 Å². The fourth-order valence-corrected chi connectivity index (χ4v) is 3.30. The molecule has 0 saturated heterocycles. The van der Waals surface area contributed by atoms with E-state index in [9.17, 15) is 12.3 Å². The Morgan fingerprint density at radius 1 is 1.07 bits per heavy atom. The molecule has 2 nitrogen and oxygen atoms in total. The summed E-state index contributed by atoms with van der Waals surface area (Å²) in [6, 6.07) is 0. The van der Waals surface area contributed by atoms with Gasteiger partial charge in [-0.3, -0.25) is 0 Å². The van der Waals surface area contributed by atoms with E-state index in [0.29, 0.717) is 11.8 Å². The summed E-state index contributed by atoms with van der Waals surface area (Å²) >= 11 is 0. The van der Waals surface area contributed by atoms with Gasteiger partial charge in [0.25, 0.3) is 0 Å². The lowest BCUT2D eigenvalue weighted by Crippen LogP contribution is -2.41. The highest BCUT2D eigenvalue weighted by Crippen LogP contribution is 2.42. The third-order valence-corrected chi connectivity index (χ3v) is 5.38. The van der Waals surface area contributed by atoms with E-state index in [4.69, 9.17) is 0 Å². The molecule has 0 heterocycles. The quantitative estimate of drug-likeness (QED) is 0.690. The summed E-state index contributed by atoms with van der Waals surface area (Å²) in [5, 5.41) is 0. The van der Waals surface area contributed by atoms with E-state index in [1.807, 2.05) is 0 Å². The van der Waals surface area contributed by atoms with Crippen LogP contribution in [0, 0.1) is 17.8 Å². The SMILES string of the molecule is CC1CC(C)CC(C(C)(C)S(=O)(=O)F)C1. The summed E-state index contributed by atoms with van der Waals surface area (Å²) in [6.07, 6.45) is 2.76. The minimum Gasteiger partial charge on any atom is -0.194 e. The van der Waals surface area contributed by atoms with Crippen LogP contribution in [-0.2, 0) is 10.2 Å². The zero-order chi connectivity index (χ0) is 11.9. The summed E-state index contributed by atoms with van der Waals surface area (Å²) in [5.41, 5.74) is 0. The van der Waals surface area contributed by atoms with E-state index < -0.39 is 15.0 Å². The molecule has 0 aromatic heterocycles. The van der Waals surface area contributed by atoms with Gasteiger partial charge >= 0.3 is 10.2 Å². The maximum Gasteiger partial charge on any atom is 0.307 e. The van der Waals surface area contributed by atoms with Gasteiger partial charge in [-0.2, -0.15) is 8.42 Å². The molecule has 2 atom stereocenters. The third kappa shape index (κ3) is 2.71. The van der Waals surface area contributed by atoms with Crippen LogP contribution in [0.2, 0.25) is 0 Å². The molecule has 1 fully saturated rings. The first-order valence-corrected chi connectivity index (χ1v) is 6.97. The van der Waals surface area contributed by atoms with Crippen LogP contribution in [0.5, 0.6) is 0 Å². The molecule has 0 aromatic carbocycles. The monoisotopic (exact) mass is 236 g/mol. The molecule has 0 amide bonds. The predicted octanol–water partition coefficient (Wildman–Crippen LogP) is 3.14. The second-order valence-electron chi connectivity index (χ2n) is 5.66. The molecular formula is C11H21FO2S. The van der Waals surface area contributed by atoms with Gasteiger partial charge in [0, 0.05) is 0 Å². The molecule has 1 aliphatic carbocycles. The first kappa shape index (κ1) is 12.9. The summed E-state index contributed by atoms with van der Waals surface area (Å²) in [7, 11) is -4.45. The normalized spacial score (nSPS) is 34.1. The molecule has 0 aliphatic heterocycles. The molecule has 4 heteroatoms. The lowest BCUT2D eigenvalue weighted by molar-refractivity contribution is 0.184. The van der Waals surface area contributed by atoms with Crippen molar-refractivity contribution in [1.29, 1.82) is 0 Å². The maximum absolute atomic E-state index is 13.2. The third-order valence-electron chi connectivity index (χ3n) is 3.79. The van der Waals surface area contributed by atoms with Crippen LogP contribution in [0.4, 0.5) is 3.89 Å². The van der Waals surface area contributed by atoms with Gasteiger partial charge in [0.1, 0.15) is 0 Å². The molecule has 0 aromatic rings. The Kier molecular flexibility index (Phi) is 3.49. The molecule has 0 spiro atoms. The largest absolute Gasteiger partial charge is 0.307 e. The highest BCUT2D eigenvalue weighted by molar-refractivity contribution is 7.87. The average molecular weight is 236 g/mol. The minimum absolute atomic E-state index is 0.0498. The van der Waals surface area contributed by atoms with Crippen LogP contribution in [0.15, 0.2) is 0 Å². The summed E-state index contributed by atoms with van der Waals surface area (Å²) in [5.74, 6) is 0.950. The van der Waals surface area contributed by atoms with E-state index in [2.05, 4.69) is 13.8 Å². The van der Waals surface area contributed by atoms with E-state index in [-0.39, 0.29) is 5.92 Å². The first-order valence-electron chi connectivity index (χ1n) is 5.58. The Bertz CT molecular complexity index is 311. The molecule has 0 N–H and O–H groups in total. The van der Waals surface area contributed by atoms with Crippen molar-refractivity contribution in [3.8, 4) is 0 Å². The van der Waals surface area contributed by atoms with Gasteiger partial charge in [-0.15, -0.1) is 3.89 Å². The van der Waals surface area contributed by atoms with E-state index in [0.717, 1.165) is 19.3 Å². The fourth-order valence-electron chi connectivity index (χ4n) is 2.71. The lowest BCUT2D eigenvalue weighted by Gasteiger charge is -2.38. The van der Waals surface area contributed by atoms with Gasteiger partial charge in [0.15, 0.2) is 0 Å². The lowest BCUT2D eigenvalue weighted by atomic mass is 9.72. The van der Waals surface area contributed by atoms with Gasteiger partial charge in [-0.1, -0.05) is 13.8 Å². The van der Waals surface area contributed by atoms with E-state index in [1.165, 1.54) is 13.8 Å². The van der Waals surface area contributed by atoms with Crippen LogP contribution in [0.25, 0.3) is 0 Å².